The highest BCUT2D eigenvalue weighted by atomic mass is 16.6. The van der Waals surface area contributed by atoms with Crippen molar-refractivity contribution in [2.45, 2.75) is 355 Å². The summed E-state index contributed by atoms with van der Waals surface area (Å²) in [6.07, 6.45) is 61.0. The molecule has 0 fully saturated rings. The standard InChI is InChI=1S/C61H118O6/c1-5-7-9-11-13-15-17-18-19-22-26-29-33-37-41-45-49-53-60(63)66-56-58(55-65-59(62)52-48-44-40-36-31-16-14-12-10-8-6-2)67-61(64)54-50-46-42-38-34-30-27-24-21-20-23-25-28-32-35-39-43-47-51-57(3)4/h57-58H,5-56H2,1-4H3/t58-/m0/s1. The molecule has 0 N–H and O–H groups in total. The van der Waals surface area contributed by atoms with Crippen LogP contribution in [0.1, 0.15) is 349 Å². The molecule has 0 aliphatic heterocycles. The molecule has 0 bridgehead atoms. The second-order valence-corrected chi connectivity index (χ2v) is 21.5. The fourth-order valence-electron chi connectivity index (χ4n) is 9.46. The Morgan fingerprint density at radius 1 is 0.284 bits per heavy atom. The molecule has 0 amide bonds. The molecule has 0 spiro atoms. The van der Waals surface area contributed by atoms with E-state index in [2.05, 4.69) is 27.7 Å². The lowest BCUT2D eigenvalue weighted by Crippen LogP contribution is -2.30. The van der Waals surface area contributed by atoms with Gasteiger partial charge in [0.05, 0.1) is 0 Å². The van der Waals surface area contributed by atoms with E-state index >= 15 is 0 Å². The highest BCUT2D eigenvalue weighted by Crippen LogP contribution is 2.18. The molecule has 0 aliphatic carbocycles. The number of rotatable bonds is 56. The summed E-state index contributed by atoms with van der Waals surface area (Å²) in [6.45, 7) is 9.08. The number of carbonyl (C=O) groups is 3. The minimum absolute atomic E-state index is 0.0615. The molecule has 0 aromatic heterocycles. The topological polar surface area (TPSA) is 78.9 Å². The van der Waals surface area contributed by atoms with Gasteiger partial charge in [-0.1, -0.05) is 310 Å². The maximum atomic E-state index is 12.9. The third kappa shape index (κ3) is 55.2. The van der Waals surface area contributed by atoms with Gasteiger partial charge in [0.1, 0.15) is 13.2 Å². The van der Waals surface area contributed by atoms with Gasteiger partial charge in [-0.05, 0) is 25.2 Å². The average molecular weight is 948 g/mol. The molecule has 0 rings (SSSR count). The summed E-state index contributed by atoms with van der Waals surface area (Å²) in [5.41, 5.74) is 0. The summed E-state index contributed by atoms with van der Waals surface area (Å²) in [5.74, 6) is 0.0256. The molecule has 67 heavy (non-hydrogen) atoms. The summed E-state index contributed by atoms with van der Waals surface area (Å²) < 4.78 is 16.9. The van der Waals surface area contributed by atoms with Crippen LogP contribution in [0.3, 0.4) is 0 Å². The maximum Gasteiger partial charge on any atom is 0.306 e. The monoisotopic (exact) mass is 947 g/mol. The quantitative estimate of drug-likeness (QED) is 0.0343. The van der Waals surface area contributed by atoms with Gasteiger partial charge in [-0.2, -0.15) is 0 Å². The van der Waals surface area contributed by atoms with Crippen LogP contribution in [0, 0.1) is 5.92 Å². The lowest BCUT2D eigenvalue weighted by molar-refractivity contribution is -0.167. The summed E-state index contributed by atoms with van der Waals surface area (Å²) in [6, 6.07) is 0. The average Bonchev–Trinajstić information content (AvgIpc) is 3.31. The van der Waals surface area contributed by atoms with Crippen molar-refractivity contribution in [3.05, 3.63) is 0 Å². The summed E-state index contributed by atoms with van der Waals surface area (Å²) in [5, 5.41) is 0. The molecule has 0 heterocycles. The zero-order valence-corrected chi connectivity index (χ0v) is 45.9. The van der Waals surface area contributed by atoms with Crippen molar-refractivity contribution in [3.8, 4) is 0 Å². The number of ether oxygens (including phenoxy) is 3. The van der Waals surface area contributed by atoms with Gasteiger partial charge in [0.2, 0.25) is 0 Å². The van der Waals surface area contributed by atoms with Gasteiger partial charge in [-0.25, -0.2) is 0 Å². The first-order chi connectivity index (χ1) is 32.9. The first kappa shape index (κ1) is 65.4. The highest BCUT2D eigenvalue weighted by molar-refractivity contribution is 5.71. The van der Waals surface area contributed by atoms with Gasteiger partial charge in [-0.3, -0.25) is 14.4 Å². The van der Waals surface area contributed by atoms with Gasteiger partial charge < -0.3 is 14.2 Å². The van der Waals surface area contributed by atoms with Gasteiger partial charge in [0.25, 0.3) is 0 Å². The van der Waals surface area contributed by atoms with Gasteiger partial charge >= 0.3 is 17.9 Å². The van der Waals surface area contributed by atoms with Crippen molar-refractivity contribution < 1.29 is 28.6 Å². The molecular weight excluding hydrogens is 829 g/mol. The van der Waals surface area contributed by atoms with Gasteiger partial charge in [0.15, 0.2) is 6.10 Å². The van der Waals surface area contributed by atoms with Crippen LogP contribution >= 0.6 is 0 Å². The first-order valence-electron chi connectivity index (χ1n) is 30.4. The largest absolute Gasteiger partial charge is 0.462 e. The number of unbranched alkanes of at least 4 members (excludes halogenated alkanes) is 43. The molecule has 0 saturated heterocycles. The molecule has 0 aromatic carbocycles. The Balaban J connectivity index is 4.22. The number of carbonyl (C=O) groups excluding carboxylic acids is 3. The molecule has 1 atom stereocenters. The van der Waals surface area contributed by atoms with Crippen LogP contribution in [0.15, 0.2) is 0 Å². The first-order valence-corrected chi connectivity index (χ1v) is 30.4. The zero-order chi connectivity index (χ0) is 48.8. The van der Waals surface area contributed by atoms with Crippen molar-refractivity contribution in [2.75, 3.05) is 13.2 Å². The zero-order valence-electron chi connectivity index (χ0n) is 45.9. The fraction of sp³-hybridized carbons (Fsp3) is 0.951. The Morgan fingerprint density at radius 2 is 0.493 bits per heavy atom. The minimum Gasteiger partial charge on any atom is -0.462 e. The predicted molar refractivity (Wildman–Crippen MR) is 289 cm³/mol. The summed E-state index contributed by atoms with van der Waals surface area (Å²) in [4.78, 5) is 38.2. The Morgan fingerprint density at radius 3 is 0.731 bits per heavy atom. The van der Waals surface area contributed by atoms with E-state index in [1.807, 2.05) is 0 Å². The summed E-state index contributed by atoms with van der Waals surface area (Å²) in [7, 11) is 0. The second-order valence-electron chi connectivity index (χ2n) is 21.5. The van der Waals surface area contributed by atoms with E-state index in [1.54, 1.807) is 0 Å². The lowest BCUT2D eigenvalue weighted by Gasteiger charge is -2.18. The van der Waals surface area contributed by atoms with Crippen LogP contribution in [0.4, 0.5) is 0 Å². The SMILES string of the molecule is CCCCCCCCCCCCCCCCCCCC(=O)OC[C@H](COC(=O)CCCCCCCCCCCCC)OC(=O)CCCCCCCCCCCCCCCCCCCCC(C)C. The van der Waals surface area contributed by atoms with E-state index in [0.717, 1.165) is 63.7 Å². The van der Waals surface area contributed by atoms with E-state index in [4.69, 9.17) is 14.2 Å². The number of esters is 3. The maximum absolute atomic E-state index is 12.9. The van der Waals surface area contributed by atoms with Crippen molar-refractivity contribution in [2.24, 2.45) is 5.92 Å². The molecule has 0 saturated carbocycles. The molecule has 0 aromatic rings. The highest BCUT2D eigenvalue weighted by Gasteiger charge is 2.19. The third-order valence-corrected chi connectivity index (χ3v) is 14.0. The molecule has 0 radical (unpaired) electrons. The Kier molecular flexibility index (Phi) is 54.0. The van der Waals surface area contributed by atoms with Crippen molar-refractivity contribution in [3.63, 3.8) is 0 Å². The van der Waals surface area contributed by atoms with Crippen molar-refractivity contribution in [1.29, 1.82) is 0 Å². The van der Waals surface area contributed by atoms with Crippen molar-refractivity contribution in [1.82, 2.24) is 0 Å². The number of hydrogen-bond donors (Lipinski definition) is 0. The molecule has 0 unspecified atom stereocenters. The molecule has 6 nitrogen and oxygen atoms in total. The molecule has 6 heteroatoms. The van der Waals surface area contributed by atoms with Crippen LogP contribution in [-0.2, 0) is 28.6 Å². The van der Waals surface area contributed by atoms with E-state index in [-0.39, 0.29) is 31.1 Å². The second kappa shape index (κ2) is 55.3. The van der Waals surface area contributed by atoms with Crippen LogP contribution < -0.4 is 0 Å². The Hall–Kier alpha value is -1.59. The molecular formula is C61H118O6. The predicted octanol–water partition coefficient (Wildman–Crippen LogP) is 20.2. The Bertz CT molecular complexity index is 1010. The van der Waals surface area contributed by atoms with E-state index in [1.165, 1.54) is 244 Å². The summed E-state index contributed by atoms with van der Waals surface area (Å²) >= 11 is 0. The van der Waals surface area contributed by atoms with E-state index < -0.39 is 6.10 Å². The van der Waals surface area contributed by atoms with Gasteiger partial charge in [-0.15, -0.1) is 0 Å². The van der Waals surface area contributed by atoms with E-state index in [9.17, 15) is 14.4 Å². The lowest BCUT2D eigenvalue weighted by atomic mass is 10.0. The van der Waals surface area contributed by atoms with E-state index in [0.29, 0.717) is 19.3 Å². The van der Waals surface area contributed by atoms with Crippen LogP contribution in [-0.4, -0.2) is 37.2 Å². The number of hydrogen-bond acceptors (Lipinski definition) is 6. The van der Waals surface area contributed by atoms with Crippen LogP contribution in [0.5, 0.6) is 0 Å². The molecule has 398 valence electrons. The molecule has 0 aliphatic rings. The smallest absolute Gasteiger partial charge is 0.306 e. The van der Waals surface area contributed by atoms with Crippen molar-refractivity contribution >= 4 is 17.9 Å². The minimum atomic E-state index is -0.762. The normalized spacial score (nSPS) is 12.0. The fourth-order valence-corrected chi connectivity index (χ4v) is 9.46. The third-order valence-electron chi connectivity index (χ3n) is 14.0. The van der Waals surface area contributed by atoms with Crippen LogP contribution in [0.25, 0.3) is 0 Å². The van der Waals surface area contributed by atoms with Crippen LogP contribution in [0.2, 0.25) is 0 Å². The Labute approximate surface area is 418 Å². The van der Waals surface area contributed by atoms with Gasteiger partial charge in [0, 0.05) is 19.3 Å².